The van der Waals surface area contributed by atoms with Crippen LogP contribution < -0.4 is 10.6 Å². The molecule has 1 atom stereocenters. The summed E-state index contributed by atoms with van der Waals surface area (Å²) in [6.45, 7) is 14.2. The zero-order chi connectivity index (χ0) is 24.0. The van der Waals surface area contributed by atoms with Crippen molar-refractivity contribution in [3.05, 3.63) is 35.4 Å². The first kappa shape index (κ1) is 26.0. The summed E-state index contributed by atoms with van der Waals surface area (Å²) in [5.74, 6) is 1.82. The molecule has 170 valence electrons. The molecule has 2 N–H and O–H groups in total. The van der Waals surface area contributed by atoms with Crippen LogP contribution in [0.3, 0.4) is 0 Å². The van der Waals surface area contributed by atoms with Crippen LogP contribution in [0.2, 0.25) is 0 Å². The summed E-state index contributed by atoms with van der Waals surface area (Å²) >= 11 is 0. The number of rotatable bonds is 6. The first-order chi connectivity index (χ1) is 14.1. The van der Waals surface area contributed by atoms with Gasteiger partial charge in [0, 0.05) is 17.1 Å². The molecule has 0 aliphatic rings. The van der Waals surface area contributed by atoms with E-state index < -0.39 is 29.2 Å². The Balaban J connectivity index is 3.22. The Labute approximate surface area is 185 Å². The third-order valence-electron chi connectivity index (χ3n) is 4.04. The van der Waals surface area contributed by atoms with Crippen LogP contribution in [0.25, 0.3) is 0 Å². The van der Waals surface area contributed by atoms with Gasteiger partial charge in [-0.3, -0.25) is 9.59 Å². The van der Waals surface area contributed by atoms with Crippen molar-refractivity contribution in [3.8, 4) is 12.3 Å². The molecule has 0 saturated heterocycles. The number of amides is 3. The summed E-state index contributed by atoms with van der Waals surface area (Å²) in [4.78, 5) is 39.8. The predicted molar refractivity (Wildman–Crippen MR) is 121 cm³/mol. The van der Waals surface area contributed by atoms with E-state index in [1.807, 2.05) is 34.6 Å². The highest BCUT2D eigenvalue weighted by atomic mass is 16.6. The molecule has 0 bridgehead atoms. The van der Waals surface area contributed by atoms with E-state index in [0.717, 1.165) is 0 Å². The van der Waals surface area contributed by atoms with E-state index in [4.69, 9.17) is 11.2 Å². The van der Waals surface area contributed by atoms with Gasteiger partial charge in [-0.2, -0.15) is 0 Å². The third kappa shape index (κ3) is 8.71. The minimum atomic E-state index is -0.890. The molecule has 31 heavy (non-hydrogen) atoms. The van der Waals surface area contributed by atoms with Gasteiger partial charge in [-0.05, 0) is 73.1 Å². The standard InChI is InChI=1S/C24H35N3O4/c1-10-17-11-13-18(14-12-17)20(21(29)26-23(4,5)6)27(16(2)3)19(28)15-25-22(30)31-24(7,8)9/h1,11-14,16,20H,15H2,2-9H3,(H,25,30)(H,26,29). The van der Waals surface area contributed by atoms with Gasteiger partial charge >= 0.3 is 6.09 Å². The second kappa shape index (κ2) is 10.3. The highest BCUT2D eigenvalue weighted by molar-refractivity contribution is 5.91. The Morgan fingerprint density at radius 2 is 1.61 bits per heavy atom. The van der Waals surface area contributed by atoms with Crippen LogP contribution in [0, 0.1) is 12.3 Å². The summed E-state index contributed by atoms with van der Waals surface area (Å²) in [5.41, 5.74) is 0.126. The Kier molecular flexibility index (Phi) is 8.68. The summed E-state index contributed by atoms with van der Waals surface area (Å²) in [5, 5.41) is 5.42. The number of nitrogens with one attached hydrogen (secondary N) is 2. The summed E-state index contributed by atoms with van der Waals surface area (Å²) < 4.78 is 5.19. The number of carbonyl (C=O) groups excluding carboxylic acids is 3. The number of carbonyl (C=O) groups is 3. The maximum Gasteiger partial charge on any atom is 0.408 e. The first-order valence-corrected chi connectivity index (χ1v) is 10.3. The van der Waals surface area contributed by atoms with Crippen LogP contribution in [0.5, 0.6) is 0 Å². The second-order valence-corrected chi connectivity index (χ2v) is 9.66. The first-order valence-electron chi connectivity index (χ1n) is 10.3. The van der Waals surface area contributed by atoms with E-state index in [0.29, 0.717) is 11.1 Å². The van der Waals surface area contributed by atoms with Crippen molar-refractivity contribution in [3.63, 3.8) is 0 Å². The molecule has 1 unspecified atom stereocenters. The smallest absolute Gasteiger partial charge is 0.408 e. The average Bonchev–Trinajstić information content (AvgIpc) is 2.61. The van der Waals surface area contributed by atoms with Gasteiger partial charge in [-0.1, -0.05) is 18.1 Å². The van der Waals surface area contributed by atoms with Gasteiger partial charge < -0.3 is 20.3 Å². The molecular formula is C24H35N3O4. The number of alkyl carbamates (subject to hydrolysis) is 1. The highest BCUT2D eigenvalue weighted by Crippen LogP contribution is 2.25. The van der Waals surface area contributed by atoms with E-state index in [9.17, 15) is 14.4 Å². The van der Waals surface area contributed by atoms with Gasteiger partial charge in [-0.25, -0.2) is 4.79 Å². The van der Waals surface area contributed by atoms with Crippen molar-refractivity contribution in [1.29, 1.82) is 0 Å². The number of benzene rings is 1. The molecule has 0 heterocycles. The molecule has 1 aromatic carbocycles. The Morgan fingerprint density at radius 3 is 2.03 bits per heavy atom. The van der Waals surface area contributed by atoms with Crippen molar-refractivity contribution >= 4 is 17.9 Å². The Hall–Kier alpha value is -3.01. The molecule has 7 nitrogen and oxygen atoms in total. The number of hydrogen-bond donors (Lipinski definition) is 2. The van der Waals surface area contributed by atoms with Crippen molar-refractivity contribution in [2.24, 2.45) is 0 Å². The SMILES string of the molecule is C#Cc1ccc(C(C(=O)NC(C)(C)C)N(C(=O)CNC(=O)OC(C)(C)C)C(C)C)cc1. The minimum Gasteiger partial charge on any atom is -0.444 e. The van der Waals surface area contributed by atoms with Gasteiger partial charge in [0.25, 0.3) is 0 Å². The molecule has 7 heteroatoms. The molecule has 0 aliphatic heterocycles. The van der Waals surface area contributed by atoms with Crippen molar-refractivity contribution < 1.29 is 19.1 Å². The van der Waals surface area contributed by atoms with Crippen LogP contribution in [-0.4, -0.2) is 46.5 Å². The topological polar surface area (TPSA) is 87.7 Å². The maximum absolute atomic E-state index is 13.2. The second-order valence-electron chi connectivity index (χ2n) is 9.66. The van der Waals surface area contributed by atoms with Gasteiger partial charge in [0.2, 0.25) is 11.8 Å². The molecule has 0 spiro atoms. The van der Waals surface area contributed by atoms with E-state index in [1.54, 1.807) is 45.0 Å². The lowest BCUT2D eigenvalue weighted by atomic mass is 9.99. The molecule has 1 rings (SSSR count). The number of ether oxygens (including phenoxy) is 1. The van der Waals surface area contributed by atoms with E-state index >= 15 is 0 Å². The predicted octanol–water partition coefficient (Wildman–Crippen LogP) is 3.39. The van der Waals surface area contributed by atoms with Crippen molar-refractivity contribution in [2.45, 2.75) is 78.6 Å². The molecule has 3 amide bonds. The van der Waals surface area contributed by atoms with Crippen LogP contribution in [0.4, 0.5) is 4.79 Å². The highest BCUT2D eigenvalue weighted by Gasteiger charge is 2.35. The zero-order valence-corrected chi connectivity index (χ0v) is 19.8. The molecule has 0 saturated carbocycles. The normalized spacial score (nSPS) is 12.5. The van der Waals surface area contributed by atoms with Gasteiger partial charge in [0.05, 0.1) is 0 Å². The fourth-order valence-electron chi connectivity index (χ4n) is 2.92. The summed E-state index contributed by atoms with van der Waals surface area (Å²) in [6.07, 6.45) is 4.75. The fourth-order valence-corrected chi connectivity index (χ4v) is 2.92. The monoisotopic (exact) mass is 429 g/mol. The molecule has 0 aromatic heterocycles. The number of nitrogens with zero attached hydrogens (tertiary/aromatic N) is 1. The summed E-state index contributed by atoms with van der Waals surface area (Å²) in [6, 6.07) is 5.75. The fraction of sp³-hybridized carbons (Fsp3) is 0.542. The Bertz CT molecular complexity index is 824. The minimum absolute atomic E-state index is 0.297. The quantitative estimate of drug-likeness (QED) is 0.679. The Morgan fingerprint density at radius 1 is 1.06 bits per heavy atom. The van der Waals surface area contributed by atoms with Crippen LogP contribution in [0.1, 0.15) is 72.6 Å². The van der Waals surface area contributed by atoms with Crippen LogP contribution in [0.15, 0.2) is 24.3 Å². The molecule has 0 aliphatic carbocycles. The zero-order valence-electron chi connectivity index (χ0n) is 19.8. The molecule has 0 radical (unpaired) electrons. The van der Waals surface area contributed by atoms with E-state index in [2.05, 4.69) is 16.6 Å². The van der Waals surface area contributed by atoms with Crippen molar-refractivity contribution in [1.82, 2.24) is 15.5 Å². The van der Waals surface area contributed by atoms with Gasteiger partial charge in [-0.15, -0.1) is 6.42 Å². The van der Waals surface area contributed by atoms with Crippen LogP contribution >= 0.6 is 0 Å². The molecule has 1 aromatic rings. The molecule has 0 fully saturated rings. The lowest BCUT2D eigenvalue weighted by Crippen LogP contribution is -2.53. The van der Waals surface area contributed by atoms with E-state index in [-0.39, 0.29) is 18.5 Å². The largest absolute Gasteiger partial charge is 0.444 e. The van der Waals surface area contributed by atoms with Crippen LogP contribution in [-0.2, 0) is 14.3 Å². The number of hydrogen-bond acceptors (Lipinski definition) is 4. The van der Waals surface area contributed by atoms with Gasteiger partial charge in [0.15, 0.2) is 0 Å². The van der Waals surface area contributed by atoms with Crippen molar-refractivity contribution in [2.75, 3.05) is 6.54 Å². The lowest BCUT2D eigenvalue weighted by Gasteiger charge is -2.36. The average molecular weight is 430 g/mol. The van der Waals surface area contributed by atoms with E-state index in [1.165, 1.54) is 4.90 Å². The third-order valence-corrected chi connectivity index (χ3v) is 4.04. The maximum atomic E-state index is 13.2. The molecular weight excluding hydrogens is 394 g/mol. The summed E-state index contributed by atoms with van der Waals surface area (Å²) in [7, 11) is 0. The number of terminal acetylenes is 1. The lowest BCUT2D eigenvalue weighted by molar-refractivity contribution is -0.142. The van der Waals surface area contributed by atoms with Gasteiger partial charge in [0.1, 0.15) is 18.2 Å².